The van der Waals surface area contributed by atoms with E-state index in [1.807, 2.05) is 54.6 Å². The Morgan fingerprint density at radius 1 is 1.00 bits per heavy atom. The number of carbonyl (C=O) groups is 3. The van der Waals surface area contributed by atoms with Gasteiger partial charge in [-0.2, -0.15) is 0 Å². The Balaban J connectivity index is 1.16. The van der Waals surface area contributed by atoms with Gasteiger partial charge in [0.05, 0.1) is 17.9 Å². The lowest BCUT2D eigenvalue weighted by Gasteiger charge is -2.25. The molecule has 3 aliphatic rings. The summed E-state index contributed by atoms with van der Waals surface area (Å²) in [5, 5.41) is 3.23. The van der Waals surface area contributed by atoms with Crippen LogP contribution < -0.4 is 14.8 Å². The summed E-state index contributed by atoms with van der Waals surface area (Å²) in [5.74, 6) is 1.16. The van der Waals surface area contributed by atoms with Crippen molar-refractivity contribution in [1.82, 2.24) is 10.2 Å². The van der Waals surface area contributed by atoms with E-state index in [0.29, 0.717) is 39.3 Å². The number of thioether (sulfide) groups is 1. The Bertz CT molecular complexity index is 1500. The topological polar surface area (TPSA) is 110 Å². The van der Waals surface area contributed by atoms with E-state index >= 15 is 0 Å². The summed E-state index contributed by atoms with van der Waals surface area (Å²) in [6, 6.07) is 20.9. The number of hydrogen-bond acceptors (Lipinski definition) is 8. The zero-order chi connectivity index (χ0) is 26.1. The van der Waals surface area contributed by atoms with Crippen LogP contribution in [0.25, 0.3) is 0 Å². The zero-order valence-corrected chi connectivity index (χ0v) is 20.9. The van der Waals surface area contributed by atoms with E-state index in [1.54, 1.807) is 18.2 Å². The molecule has 9 nitrogen and oxygen atoms in total. The second-order valence-corrected chi connectivity index (χ2v) is 9.74. The fourth-order valence-electron chi connectivity index (χ4n) is 4.37. The van der Waals surface area contributed by atoms with Gasteiger partial charge in [-0.3, -0.25) is 19.4 Å². The van der Waals surface area contributed by atoms with Crippen molar-refractivity contribution in [2.45, 2.75) is 19.0 Å². The Kier molecular flexibility index (Phi) is 6.38. The first-order chi connectivity index (χ1) is 18.6. The number of rotatable bonds is 7. The van der Waals surface area contributed by atoms with Crippen molar-refractivity contribution in [3.63, 3.8) is 0 Å². The van der Waals surface area contributed by atoms with Crippen LogP contribution in [0.3, 0.4) is 0 Å². The predicted molar refractivity (Wildman–Crippen MR) is 143 cm³/mol. The summed E-state index contributed by atoms with van der Waals surface area (Å²) in [5.41, 5.74) is 2.82. The number of fused-ring (bicyclic) bond motifs is 4. The number of benzene rings is 3. The van der Waals surface area contributed by atoms with Crippen molar-refractivity contribution in [2.24, 2.45) is 9.98 Å². The molecule has 1 atom stereocenters. The van der Waals surface area contributed by atoms with Gasteiger partial charge in [0.25, 0.3) is 5.91 Å². The highest BCUT2D eigenvalue weighted by molar-refractivity contribution is 8.14. The highest BCUT2D eigenvalue weighted by atomic mass is 32.2. The van der Waals surface area contributed by atoms with Crippen LogP contribution in [0.1, 0.15) is 27.9 Å². The number of amides is 2. The van der Waals surface area contributed by atoms with Crippen LogP contribution in [0.15, 0.2) is 82.8 Å². The van der Waals surface area contributed by atoms with Gasteiger partial charge in [0.2, 0.25) is 12.7 Å². The van der Waals surface area contributed by atoms with Crippen molar-refractivity contribution in [3.05, 3.63) is 89.5 Å². The van der Waals surface area contributed by atoms with Crippen molar-refractivity contribution >= 4 is 46.1 Å². The lowest BCUT2D eigenvalue weighted by atomic mass is 10.1. The summed E-state index contributed by atoms with van der Waals surface area (Å²) < 4.78 is 10.7. The molecule has 3 aromatic rings. The zero-order valence-electron chi connectivity index (χ0n) is 20.1. The molecule has 0 saturated heterocycles. The predicted octanol–water partition coefficient (Wildman–Crippen LogP) is 3.70. The second kappa shape index (κ2) is 10.1. The molecule has 0 fully saturated rings. The minimum absolute atomic E-state index is 0.0678. The van der Waals surface area contributed by atoms with Crippen LogP contribution in [0, 0.1) is 0 Å². The van der Waals surface area contributed by atoms with Crippen LogP contribution in [0.4, 0.5) is 5.69 Å². The number of hydrogen-bond donors (Lipinski definition) is 1. The first kappa shape index (κ1) is 23.9. The molecule has 3 aliphatic heterocycles. The normalized spacial score (nSPS) is 16.9. The van der Waals surface area contributed by atoms with Gasteiger partial charge in [0.15, 0.2) is 22.4 Å². The lowest BCUT2D eigenvalue weighted by Crippen LogP contribution is -2.42. The first-order valence-corrected chi connectivity index (χ1v) is 13.0. The monoisotopic (exact) mass is 526 g/mol. The van der Waals surface area contributed by atoms with E-state index in [-0.39, 0.29) is 43.1 Å². The summed E-state index contributed by atoms with van der Waals surface area (Å²) in [6.45, 7) is 0.461. The molecule has 3 aromatic carbocycles. The molecule has 6 rings (SSSR count). The quantitative estimate of drug-likeness (QED) is 0.470. The third kappa shape index (κ3) is 4.66. The maximum Gasteiger partial charge on any atom is 0.259 e. The number of aliphatic imine (C=N–C) groups is 2. The number of carbonyl (C=O) groups excluding carboxylic acids is 3. The van der Waals surface area contributed by atoms with Gasteiger partial charge in [-0.1, -0.05) is 60.3 Å². The average Bonchev–Trinajstić information content (AvgIpc) is 3.55. The summed E-state index contributed by atoms with van der Waals surface area (Å²) in [7, 11) is 0. The van der Waals surface area contributed by atoms with Gasteiger partial charge < -0.3 is 14.8 Å². The Hall–Kier alpha value is -4.44. The molecule has 0 aliphatic carbocycles. The number of ketones is 1. The van der Waals surface area contributed by atoms with E-state index in [2.05, 4.69) is 15.3 Å². The lowest BCUT2D eigenvalue weighted by molar-refractivity contribution is -0.128. The molecule has 0 aromatic heterocycles. The Morgan fingerprint density at radius 2 is 1.79 bits per heavy atom. The maximum absolute atomic E-state index is 13.4. The molecule has 190 valence electrons. The molecule has 38 heavy (non-hydrogen) atoms. The second-order valence-electron chi connectivity index (χ2n) is 8.80. The van der Waals surface area contributed by atoms with Gasteiger partial charge in [-0.25, -0.2) is 9.89 Å². The molecule has 3 heterocycles. The fourth-order valence-corrected chi connectivity index (χ4v) is 5.26. The molecule has 10 heteroatoms. The van der Waals surface area contributed by atoms with Crippen LogP contribution in [-0.4, -0.2) is 52.1 Å². The van der Waals surface area contributed by atoms with Gasteiger partial charge in [-0.05, 0) is 29.8 Å². The number of ether oxygens (including phenoxy) is 2. The van der Waals surface area contributed by atoms with Crippen molar-refractivity contribution in [2.75, 3.05) is 12.5 Å². The van der Waals surface area contributed by atoms with Crippen LogP contribution >= 0.6 is 11.8 Å². The third-order valence-corrected chi connectivity index (χ3v) is 7.22. The molecule has 1 N–H and O–H groups in total. The smallest absolute Gasteiger partial charge is 0.259 e. The van der Waals surface area contributed by atoms with E-state index in [4.69, 9.17) is 9.47 Å². The molecular formula is C28H22N4O5S. The number of amidine groups is 2. The summed E-state index contributed by atoms with van der Waals surface area (Å²) >= 11 is 1.18. The van der Waals surface area contributed by atoms with Gasteiger partial charge in [-0.15, -0.1) is 0 Å². The fraction of sp³-hybridized carbons (Fsp3) is 0.179. The minimum Gasteiger partial charge on any atom is -0.454 e. The number of nitrogens with zero attached hydrogens (tertiary/aromatic N) is 3. The standard InChI is InChI=1S/C28H22N4O5S/c33-22(18-6-2-1-3-7-18)15-38-28-31-20-9-5-4-8-19(20)26-30-21(27(35)32(26)28)13-25(34)29-14-17-10-11-23-24(12-17)37-16-36-23/h1-12,21H,13-16H2,(H,29,34)/t21-/m1/s1. The molecular weight excluding hydrogens is 504 g/mol. The summed E-state index contributed by atoms with van der Waals surface area (Å²) in [6.07, 6.45) is -0.105. The largest absolute Gasteiger partial charge is 0.454 e. The number of nitrogens with one attached hydrogen (secondary N) is 1. The molecule has 0 saturated carbocycles. The van der Waals surface area contributed by atoms with E-state index in [0.717, 1.165) is 5.56 Å². The molecule has 0 radical (unpaired) electrons. The average molecular weight is 527 g/mol. The van der Waals surface area contributed by atoms with Gasteiger partial charge in [0.1, 0.15) is 11.9 Å². The van der Waals surface area contributed by atoms with Crippen LogP contribution in [0.5, 0.6) is 11.5 Å². The maximum atomic E-state index is 13.4. The first-order valence-electron chi connectivity index (χ1n) is 12.0. The third-order valence-electron chi connectivity index (χ3n) is 6.28. The van der Waals surface area contributed by atoms with Gasteiger partial charge in [0, 0.05) is 17.7 Å². The van der Waals surface area contributed by atoms with E-state index in [1.165, 1.54) is 16.7 Å². The van der Waals surface area contributed by atoms with E-state index < -0.39 is 6.04 Å². The van der Waals surface area contributed by atoms with Crippen LogP contribution in [-0.2, 0) is 16.1 Å². The SMILES string of the molecule is O=C(C[C@H]1N=C2c3ccccc3N=C(SCC(=O)c3ccccc3)N2C1=O)NCc1ccc2c(c1)OCO2. The van der Waals surface area contributed by atoms with Crippen molar-refractivity contribution < 1.29 is 23.9 Å². The van der Waals surface area contributed by atoms with Gasteiger partial charge >= 0.3 is 0 Å². The van der Waals surface area contributed by atoms with Crippen molar-refractivity contribution in [3.8, 4) is 11.5 Å². The van der Waals surface area contributed by atoms with E-state index in [9.17, 15) is 14.4 Å². The number of Topliss-reactive ketones (excluding diaryl/α,β-unsaturated/α-hetero) is 1. The molecule has 0 spiro atoms. The van der Waals surface area contributed by atoms with Crippen LogP contribution in [0.2, 0.25) is 0 Å². The minimum atomic E-state index is -0.886. The highest BCUT2D eigenvalue weighted by Gasteiger charge is 2.42. The molecule has 0 unspecified atom stereocenters. The number of para-hydroxylation sites is 1. The Labute approximate surface area is 222 Å². The highest BCUT2D eigenvalue weighted by Crippen LogP contribution is 2.35. The molecule has 2 amide bonds. The summed E-state index contributed by atoms with van der Waals surface area (Å²) in [4.78, 5) is 49.6. The Morgan fingerprint density at radius 3 is 2.66 bits per heavy atom. The molecule has 0 bridgehead atoms. The van der Waals surface area contributed by atoms with Crippen molar-refractivity contribution in [1.29, 1.82) is 0 Å².